The van der Waals surface area contributed by atoms with E-state index in [-0.39, 0.29) is 0 Å². The van der Waals surface area contributed by atoms with Gasteiger partial charge in [-0.25, -0.2) is 0 Å². The van der Waals surface area contributed by atoms with Gasteiger partial charge in [0.2, 0.25) is 0 Å². The van der Waals surface area contributed by atoms with Crippen molar-refractivity contribution in [3.05, 3.63) is 0 Å². The average molecular weight is 131 g/mol. The van der Waals surface area contributed by atoms with Crippen LogP contribution in [0.5, 0.6) is 0 Å². The molecule has 0 radical (unpaired) electrons. The van der Waals surface area contributed by atoms with Crippen LogP contribution in [-0.2, 0) is 4.46 Å². The van der Waals surface area contributed by atoms with E-state index in [4.69, 9.17) is 0 Å². The molecule has 0 N–H and O–H groups in total. The Morgan fingerprint density at radius 3 is 2.12 bits per heavy atom. The second-order valence-electron chi connectivity index (χ2n) is 2.04. The molecule has 0 aromatic rings. The summed E-state index contributed by atoms with van der Waals surface area (Å²) in [7, 11) is 2.34. The van der Waals surface area contributed by atoms with Crippen LogP contribution in [0.15, 0.2) is 0 Å². The molecule has 0 saturated carbocycles. The molecule has 0 aromatic carbocycles. The lowest BCUT2D eigenvalue weighted by Gasteiger charge is -2.05. The van der Waals surface area contributed by atoms with Crippen molar-refractivity contribution in [2.45, 2.75) is 19.4 Å². The normalized spacial score (nSPS) is 8.88. The Morgan fingerprint density at radius 2 is 2.00 bits per heavy atom. The van der Waals surface area contributed by atoms with E-state index in [1.54, 1.807) is 4.57 Å². The molecule has 8 heavy (non-hydrogen) atoms. The zero-order valence-corrected chi connectivity index (χ0v) is 6.77. The standard InChI is InChI=1S/C5H13NOSi/c1-4-5-8(7)6(2)3/h4-5H2,1-3H3. The van der Waals surface area contributed by atoms with E-state index in [1.807, 2.05) is 21.0 Å². The third-order valence-electron chi connectivity index (χ3n) is 0.963. The zero-order valence-electron chi connectivity index (χ0n) is 5.77. The molecule has 0 rings (SSSR count). The smallest absolute Gasteiger partial charge is 0.383 e. The number of rotatable bonds is 3. The van der Waals surface area contributed by atoms with Gasteiger partial charge in [-0.1, -0.05) is 13.3 Å². The number of hydrogen-bond acceptors (Lipinski definition) is 1. The first-order chi connectivity index (χ1) is 3.68. The van der Waals surface area contributed by atoms with Crippen molar-refractivity contribution in [3.8, 4) is 0 Å². The van der Waals surface area contributed by atoms with Crippen LogP contribution in [0, 0.1) is 0 Å². The summed E-state index contributed by atoms with van der Waals surface area (Å²) < 4.78 is 12.7. The maximum Gasteiger partial charge on any atom is 0.394 e. The Morgan fingerprint density at radius 1 is 1.50 bits per heavy atom. The molecule has 48 valence electrons. The summed E-state index contributed by atoms with van der Waals surface area (Å²) in [6.07, 6.45) is 1.02. The summed E-state index contributed by atoms with van der Waals surface area (Å²) in [5, 5.41) is 0. The average Bonchev–Trinajstić information content (AvgIpc) is 1.67. The lowest BCUT2D eigenvalue weighted by atomic mass is 10.6. The molecule has 0 aliphatic heterocycles. The minimum absolute atomic E-state index is 0.859. The van der Waals surface area contributed by atoms with Gasteiger partial charge < -0.3 is 9.03 Å². The highest BCUT2D eigenvalue weighted by molar-refractivity contribution is 6.39. The SMILES string of the molecule is CCC[Si](=O)N(C)C. The molecule has 0 amide bonds. The Hall–Kier alpha value is -0.183. The third kappa shape index (κ3) is 2.90. The lowest BCUT2D eigenvalue weighted by molar-refractivity contribution is 0.487. The molecule has 0 aliphatic carbocycles. The first kappa shape index (κ1) is 7.82. The van der Waals surface area contributed by atoms with Crippen molar-refractivity contribution in [1.82, 2.24) is 4.57 Å². The molecule has 0 saturated heterocycles. The van der Waals surface area contributed by atoms with Gasteiger partial charge in [-0.2, -0.15) is 0 Å². The predicted molar refractivity (Wildman–Crippen MR) is 35.2 cm³/mol. The second-order valence-corrected chi connectivity index (χ2v) is 4.22. The summed E-state index contributed by atoms with van der Waals surface area (Å²) in [5.41, 5.74) is 0. The van der Waals surface area contributed by atoms with Gasteiger partial charge in [0.15, 0.2) is 0 Å². The van der Waals surface area contributed by atoms with Crippen molar-refractivity contribution in [2.24, 2.45) is 0 Å². The van der Waals surface area contributed by atoms with Crippen LogP contribution in [-0.4, -0.2) is 27.5 Å². The van der Waals surface area contributed by atoms with E-state index in [1.165, 1.54) is 0 Å². The summed E-state index contributed by atoms with van der Waals surface area (Å²) in [6.45, 7) is 2.05. The largest absolute Gasteiger partial charge is 0.394 e. The van der Waals surface area contributed by atoms with Crippen LogP contribution in [0.25, 0.3) is 0 Å². The summed E-state index contributed by atoms with van der Waals surface area (Å²) in [6, 6.07) is 0.859. The van der Waals surface area contributed by atoms with E-state index in [0.29, 0.717) is 0 Å². The van der Waals surface area contributed by atoms with Crippen LogP contribution >= 0.6 is 0 Å². The quantitative estimate of drug-likeness (QED) is 0.530. The first-order valence-corrected chi connectivity index (χ1v) is 4.45. The van der Waals surface area contributed by atoms with Gasteiger partial charge in [-0.05, 0) is 14.1 Å². The first-order valence-electron chi connectivity index (χ1n) is 2.88. The summed E-state index contributed by atoms with van der Waals surface area (Å²) in [5.74, 6) is 0. The molecule has 0 atom stereocenters. The Balaban J connectivity index is 3.33. The molecular weight excluding hydrogens is 118 g/mol. The van der Waals surface area contributed by atoms with E-state index < -0.39 is 8.84 Å². The molecule has 0 unspecified atom stereocenters. The lowest BCUT2D eigenvalue weighted by Crippen LogP contribution is -2.22. The van der Waals surface area contributed by atoms with E-state index in [2.05, 4.69) is 0 Å². The van der Waals surface area contributed by atoms with Gasteiger partial charge in [-0.15, -0.1) is 0 Å². The van der Waals surface area contributed by atoms with Crippen molar-refractivity contribution in [1.29, 1.82) is 0 Å². The van der Waals surface area contributed by atoms with Gasteiger partial charge in [0.1, 0.15) is 0 Å². The van der Waals surface area contributed by atoms with E-state index in [9.17, 15) is 4.46 Å². The fourth-order valence-corrected chi connectivity index (χ4v) is 1.31. The maximum atomic E-state index is 10.9. The Labute approximate surface area is 52.2 Å². The zero-order chi connectivity index (χ0) is 6.57. The van der Waals surface area contributed by atoms with Gasteiger partial charge in [0.05, 0.1) is 0 Å². The van der Waals surface area contributed by atoms with Crippen LogP contribution < -0.4 is 0 Å². The molecular formula is C5H13NOSi. The third-order valence-corrected chi connectivity index (χ3v) is 2.89. The minimum atomic E-state index is -1.37. The fraction of sp³-hybridized carbons (Fsp3) is 1.00. The van der Waals surface area contributed by atoms with Crippen LogP contribution in [0.1, 0.15) is 13.3 Å². The Kier molecular flexibility index (Phi) is 3.69. The van der Waals surface area contributed by atoms with Crippen molar-refractivity contribution >= 4 is 8.84 Å². The van der Waals surface area contributed by atoms with E-state index >= 15 is 0 Å². The predicted octanol–water partition coefficient (Wildman–Crippen LogP) is 0.877. The highest BCUT2D eigenvalue weighted by atomic mass is 28.3. The summed E-state index contributed by atoms with van der Waals surface area (Å²) >= 11 is 0. The molecule has 0 aromatic heterocycles. The minimum Gasteiger partial charge on any atom is -0.383 e. The van der Waals surface area contributed by atoms with Crippen molar-refractivity contribution in [2.75, 3.05) is 14.1 Å². The van der Waals surface area contributed by atoms with Crippen LogP contribution in [0.3, 0.4) is 0 Å². The molecule has 0 spiro atoms. The molecule has 0 aliphatic rings. The molecule has 0 fully saturated rings. The summed E-state index contributed by atoms with van der Waals surface area (Å²) in [4.78, 5) is 0. The van der Waals surface area contributed by atoms with Gasteiger partial charge in [0, 0.05) is 6.04 Å². The molecule has 0 bridgehead atoms. The molecule has 0 heterocycles. The van der Waals surface area contributed by atoms with E-state index in [0.717, 1.165) is 12.5 Å². The van der Waals surface area contributed by atoms with Crippen molar-refractivity contribution in [3.63, 3.8) is 0 Å². The van der Waals surface area contributed by atoms with Gasteiger partial charge in [-0.3, -0.25) is 0 Å². The second kappa shape index (κ2) is 3.77. The highest BCUT2D eigenvalue weighted by Crippen LogP contribution is 1.89. The topological polar surface area (TPSA) is 20.3 Å². The number of hydrogen-bond donors (Lipinski definition) is 0. The van der Waals surface area contributed by atoms with Gasteiger partial charge >= 0.3 is 8.84 Å². The Bertz CT molecular complexity index is 82.5. The number of nitrogens with zero attached hydrogens (tertiary/aromatic N) is 1. The van der Waals surface area contributed by atoms with Gasteiger partial charge in [0.25, 0.3) is 0 Å². The monoisotopic (exact) mass is 131 g/mol. The molecule has 2 nitrogen and oxygen atoms in total. The molecule has 3 heteroatoms. The van der Waals surface area contributed by atoms with Crippen molar-refractivity contribution < 1.29 is 4.46 Å². The van der Waals surface area contributed by atoms with Crippen LogP contribution in [0.2, 0.25) is 6.04 Å². The highest BCUT2D eigenvalue weighted by Gasteiger charge is 2.03. The van der Waals surface area contributed by atoms with Crippen LogP contribution in [0.4, 0.5) is 0 Å². The fourth-order valence-electron chi connectivity index (χ4n) is 0.437. The maximum absolute atomic E-state index is 10.9.